The van der Waals surface area contributed by atoms with Crippen molar-refractivity contribution in [3.05, 3.63) is 97.1 Å². The molecule has 4 aromatic rings. The van der Waals surface area contributed by atoms with Crippen molar-refractivity contribution in [2.75, 3.05) is 13.4 Å². The first-order chi connectivity index (χ1) is 16.6. The molecule has 0 bridgehead atoms. The van der Waals surface area contributed by atoms with Gasteiger partial charge >= 0.3 is 10.4 Å². The van der Waals surface area contributed by atoms with Crippen LogP contribution in [-0.4, -0.2) is 30.2 Å². The Hall–Kier alpha value is -3.82. The van der Waals surface area contributed by atoms with E-state index in [1.807, 2.05) is 24.3 Å². The zero-order valence-electron chi connectivity index (χ0n) is 18.9. The van der Waals surface area contributed by atoms with Crippen LogP contribution in [0.4, 0.5) is 0 Å². The third-order valence-electron chi connectivity index (χ3n) is 5.14. The first-order valence-corrected chi connectivity index (χ1v) is 13.6. The molecule has 0 aliphatic heterocycles. The van der Waals surface area contributed by atoms with Gasteiger partial charge in [0.1, 0.15) is 17.2 Å². The summed E-state index contributed by atoms with van der Waals surface area (Å²) in [5.74, 6) is 0.941. The molecular weight excluding hydrogens is 488 g/mol. The SMILES string of the molecule is COc1ccc(-c2ccc(OS(=O)(=O)Oc3ccc(-c4ccc(S(C)(=O)=O)cc4)cc3)cc2)cc1. The minimum absolute atomic E-state index is 0.0800. The van der Waals surface area contributed by atoms with Crippen LogP contribution in [-0.2, 0) is 20.2 Å². The molecule has 35 heavy (non-hydrogen) atoms. The monoisotopic (exact) mass is 510 g/mol. The quantitative estimate of drug-likeness (QED) is 0.324. The summed E-state index contributed by atoms with van der Waals surface area (Å²) < 4.78 is 63.2. The van der Waals surface area contributed by atoms with Crippen LogP contribution in [0.3, 0.4) is 0 Å². The van der Waals surface area contributed by atoms with Gasteiger partial charge in [-0.1, -0.05) is 48.5 Å². The Morgan fingerprint density at radius 2 is 0.800 bits per heavy atom. The molecule has 0 aliphatic rings. The van der Waals surface area contributed by atoms with E-state index in [1.54, 1.807) is 55.6 Å². The predicted molar refractivity (Wildman–Crippen MR) is 134 cm³/mol. The van der Waals surface area contributed by atoms with E-state index in [2.05, 4.69) is 0 Å². The molecule has 0 saturated heterocycles. The molecule has 0 N–H and O–H groups in total. The van der Waals surface area contributed by atoms with Crippen LogP contribution in [0.1, 0.15) is 0 Å². The number of hydrogen-bond acceptors (Lipinski definition) is 7. The maximum absolute atomic E-state index is 12.4. The summed E-state index contributed by atoms with van der Waals surface area (Å²) in [7, 11) is -6.04. The zero-order chi connectivity index (χ0) is 25.1. The fourth-order valence-corrected chi connectivity index (χ4v) is 4.69. The molecule has 7 nitrogen and oxygen atoms in total. The highest BCUT2D eigenvalue weighted by molar-refractivity contribution is 7.90. The Morgan fingerprint density at radius 1 is 0.486 bits per heavy atom. The molecule has 0 aromatic heterocycles. The highest BCUT2D eigenvalue weighted by Crippen LogP contribution is 2.27. The van der Waals surface area contributed by atoms with E-state index in [0.29, 0.717) is 0 Å². The summed E-state index contributed by atoms with van der Waals surface area (Å²) in [5, 5.41) is 0. The van der Waals surface area contributed by atoms with E-state index in [-0.39, 0.29) is 16.4 Å². The molecule has 4 aromatic carbocycles. The smallest absolute Gasteiger partial charge is 0.497 e. The highest BCUT2D eigenvalue weighted by atomic mass is 32.3. The van der Waals surface area contributed by atoms with E-state index in [4.69, 9.17) is 13.1 Å². The molecule has 0 radical (unpaired) electrons. The minimum Gasteiger partial charge on any atom is -0.497 e. The number of rotatable bonds is 8. The molecule has 0 spiro atoms. The van der Waals surface area contributed by atoms with Crippen LogP contribution in [0.25, 0.3) is 22.3 Å². The Balaban J connectivity index is 1.41. The van der Waals surface area contributed by atoms with E-state index in [0.717, 1.165) is 34.3 Å². The standard InChI is InChI=1S/C26H22O7S2/c1-31-23-11-3-19(4-12-23)20-5-13-24(14-6-20)32-35(29,30)33-25-15-7-21(8-16-25)22-9-17-26(18-10-22)34(2,27)28/h3-18H,1-2H3. The fraction of sp³-hybridized carbons (Fsp3) is 0.0769. The zero-order valence-corrected chi connectivity index (χ0v) is 20.5. The molecule has 9 heteroatoms. The van der Waals surface area contributed by atoms with Gasteiger partial charge in [-0.15, -0.1) is 8.42 Å². The van der Waals surface area contributed by atoms with Crippen molar-refractivity contribution >= 4 is 20.2 Å². The molecule has 0 atom stereocenters. The van der Waals surface area contributed by atoms with Crippen LogP contribution in [0.5, 0.6) is 17.2 Å². The third kappa shape index (κ3) is 6.20. The van der Waals surface area contributed by atoms with Crippen molar-refractivity contribution in [2.24, 2.45) is 0 Å². The summed E-state index contributed by atoms with van der Waals surface area (Å²) in [4.78, 5) is 0.224. The first-order valence-electron chi connectivity index (χ1n) is 10.4. The van der Waals surface area contributed by atoms with Crippen LogP contribution in [0, 0.1) is 0 Å². The number of benzene rings is 4. The molecular formula is C26H22O7S2. The first kappa shape index (κ1) is 24.3. The van der Waals surface area contributed by atoms with E-state index >= 15 is 0 Å². The molecule has 0 saturated carbocycles. The molecule has 180 valence electrons. The summed E-state index contributed by atoms with van der Waals surface area (Å²) in [5.41, 5.74) is 3.38. The second kappa shape index (κ2) is 9.81. The van der Waals surface area contributed by atoms with Gasteiger partial charge in [0, 0.05) is 6.26 Å². The van der Waals surface area contributed by atoms with Crippen molar-refractivity contribution in [2.45, 2.75) is 4.90 Å². The Bertz CT molecular complexity index is 1510. The predicted octanol–water partition coefficient (Wildman–Crippen LogP) is 5.14. The number of methoxy groups -OCH3 is 1. The molecule has 0 unspecified atom stereocenters. The lowest BCUT2D eigenvalue weighted by Crippen LogP contribution is -2.16. The maximum Gasteiger partial charge on any atom is 0.500 e. The lowest BCUT2D eigenvalue weighted by atomic mass is 10.1. The number of sulfone groups is 1. The largest absolute Gasteiger partial charge is 0.500 e. The number of ether oxygens (including phenoxy) is 1. The summed E-state index contributed by atoms with van der Waals surface area (Å²) in [6, 6.07) is 26.8. The van der Waals surface area contributed by atoms with Crippen molar-refractivity contribution in [1.29, 1.82) is 0 Å². The fourth-order valence-electron chi connectivity index (χ4n) is 3.34. The second-order valence-electron chi connectivity index (χ2n) is 7.65. The van der Waals surface area contributed by atoms with Crippen LogP contribution >= 0.6 is 0 Å². The highest BCUT2D eigenvalue weighted by Gasteiger charge is 2.16. The van der Waals surface area contributed by atoms with E-state index in [1.165, 1.54) is 24.3 Å². The average Bonchev–Trinajstić information content (AvgIpc) is 2.84. The van der Waals surface area contributed by atoms with Crippen molar-refractivity contribution < 1.29 is 29.9 Å². The van der Waals surface area contributed by atoms with Crippen molar-refractivity contribution in [3.8, 4) is 39.5 Å². The van der Waals surface area contributed by atoms with Gasteiger partial charge in [0.15, 0.2) is 9.84 Å². The van der Waals surface area contributed by atoms with E-state index < -0.39 is 20.2 Å². The van der Waals surface area contributed by atoms with Gasteiger partial charge in [-0.25, -0.2) is 8.42 Å². The molecule has 0 fully saturated rings. The van der Waals surface area contributed by atoms with Gasteiger partial charge in [-0.2, -0.15) is 0 Å². The normalized spacial score (nSPS) is 11.6. The van der Waals surface area contributed by atoms with Crippen molar-refractivity contribution in [3.63, 3.8) is 0 Å². The topological polar surface area (TPSA) is 96.0 Å². The maximum atomic E-state index is 12.4. The van der Waals surface area contributed by atoms with Gasteiger partial charge in [-0.3, -0.25) is 0 Å². The van der Waals surface area contributed by atoms with Crippen LogP contribution in [0.15, 0.2) is 102 Å². The van der Waals surface area contributed by atoms with Gasteiger partial charge < -0.3 is 13.1 Å². The lowest BCUT2D eigenvalue weighted by Gasteiger charge is -2.10. The third-order valence-corrected chi connectivity index (χ3v) is 7.07. The van der Waals surface area contributed by atoms with Gasteiger partial charge in [-0.05, 0) is 70.8 Å². The second-order valence-corrected chi connectivity index (χ2v) is 10.8. The summed E-state index contributed by atoms with van der Waals surface area (Å²) in [6.07, 6.45) is 1.14. The lowest BCUT2D eigenvalue weighted by molar-refractivity contribution is 0.392. The van der Waals surface area contributed by atoms with Crippen molar-refractivity contribution in [1.82, 2.24) is 0 Å². The molecule has 4 rings (SSSR count). The van der Waals surface area contributed by atoms with Crippen LogP contribution in [0.2, 0.25) is 0 Å². The molecule has 0 aliphatic carbocycles. The van der Waals surface area contributed by atoms with E-state index in [9.17, 15) is 16.8 Å². The molecule has 0 amide bonds. The Kier molecular flexibility index (Phi) is 6.81. The average molecular weight is 511 g/mol. The summed E-state index contributed by atoms with van der Waals surface area (Å²) in [6.45, 7) is 0. The van der Waals surface area contributed by atoms with Crippen LogP contribution < -0.4 is 13.1 Å². The summed E-state index contributed by atoms with van der Waals surface area (Å²) >= 11 is 0. The molecule has 0 heterocycles. The minimum atomic E-state index is -4.36. The number of hydrogen-bond donors (Lipinski definition) is 0. The van der Waals surface area contributed by atoms with Gasteiger partial charge in [0.25, 0.3) is 0 Å². The van der Waals surface area contributed by atoms with Gasteiger partial charge in [0.2, 0.25) is 0 Å². The Morgan fingerprint density at radius 3 is 1.11 bits per heavy atom. The van der Waals surface area contributed by atoms with Gasteiger partial charge in [0.05, 0.1) is 12.0 Å². The Labute approximate surface area is 204 Å².